The largest absolute Gasteiger partial charge is 0.398 e. The van der Waals surface area contributed by atoms with Crippen LogP contribution < -0.4 is 5.73 Å². The molecular weight excluding hydrogens is 376 g/mol. The van der Waals surface area contributed by atoms with Crippen molar-refractivity contribution in [3.63, 3.8) is 0 Å². The maximum atomic E-state index is 13.2. The number of fused-ring (bicyclic) bond motifs is 2. The molecule has 2 aromatic heterocycles. The van der Waals surface area contributed by atoms with Crippen LogP contribution in [0.4, 0.5) is 5.69 Å². The lowest BCUT2D eigenvalue weighted by Crippen LogP contribution is -2.26. The number of nitrogen functional groups attached to an aromatic ring is 1. The second-order valence-electron chi connectivity index (χ2n) is 7.72. The van der Waals surface area contributed by atoms with E-state index >= 15 is 0 Å². The van der Waals surface area contributed by atoms with Gasteiger partial charge in [-0.3, -0.25) is 9.48 Å². The van der Waals surface area contributed by atoms with Gasteiger partial charge in [0.1, 0.15) is 5.82 Å². The molecule has 0 fully saturated rings. The van der Waals surface area contributed by atoms with E-state index in [4.69, 9.17) is 5.73 Å². The van der Waals surface area contributed by atoms with Gasteiger partial charge in [0.2, 0.25) is 0 Å². The second kappa shape index (κ2) is 6.59. The molecule has 0 aliphatic carbocycles. The van der Waals surface area contributed by atoms with Gasteiger partial charge in [-0.05, 0) is 28.8 Å². The summed E-state index contributed by atoms with van der Waals surface area (Å²) in [7, 11) is 3.84. The Labute approximate surface area is 174 Å². The van der Waals surface area contributed by atoms with Crippen LogP contribution in [0, 0.1) is 0 Å². The average Bonchev–Trinajstić information content (AvgIpc) is 3.41. The van der Waals surface area contributed by atoms with Crippen molar-refractivity contribution in [1.82, 2.24) is 24.2 Å². The zero-order valence-electron chi connectivity index (χ0n) is 17.0. The third kappa shape index (κ3) is 2.70. The van der Waals surface area contributed by atoms with Crippen LogP contribution in [0.1, 0.15) is 21.7 Å². The minimum Gasteiger partial charge on any atom is -0.398 e. The summed E-state index contributed by atoms with van der Waals surface area (Å²) in [6.45, 7) is 5.03. The van der Waals surface area contributed by atoms with Crippen LogP contribution in [-0.2, 0) is 20.6 Å². The predicted octanol–water partition coefficient (Wildman–Crippen LogP) is 3.23. The lowest BCUT2D eigenvalue weighted by atomic mass is 9.95. The van der Waals surface area contributed by atoms with Crippen molar-refractivity contribution in [1.29, 1.82) is 0 Å². The third-order valence-corrected chi connectivity index (χ3v) is 5.77. The lowest BCUT2D eigenvalue weighted by molar-refractivity contribution is 0.0799. The summed E-state index contributed by atoms with van der Waals surface area (Å²) in [5, 5.41) is 5.40. The molecule has 1 amide bonds. The van der Waals surface area contributed by atoms with E-state index in [-0.39, 0.29) is 5.91 Å². The molecule has 0 bridgehead atoms. The van der Waals surface area contributed by atoms with Gasteiger partial charge in [-0.25, -0.2) is 4.98 Å². The summed E-state index contributed by atoms with van der Waals surface area (Å²) in [4.78, 5) is 19.3. The number of rotatable bonds is 4. The summed E-state index contributed by atoms with van der Waals surface area (Å²) >= 11 is 0. The van der Waals surface area contributed by atoms with Crippen LogP contribution >= 0.6 is 0 Å². The van der Waals surface area contributed by atoms with Crippen LogP contribution in [-0.4, -0.2) is 36.7 Å². The van der Waals surface area contributed by atoms with Crippen molar-refractivity contribution in [2.75, 3.05) is 12.3 Å². The molecule has 1 aliphatic heterocycles. The minimum absolute atomic E-state index is 0.0682. The molecular formula is C23H22N6O. The first-order chi connectivity index (χ1) is 14.4. The Kier molecular flexibility index (Phi) is 3.99. The van der Waals surface area contributed by atoms with Crippen molar-refractivity contribution < 1.29 is 4.79 Å². The Morgan fingerprint density at radius 3 is 2.83 bits per heavy atom. The SMILES string of the molecule is C=C(CN1Cc2c(-c3ccc4cnn(C)c4c3)ccc(N)c2C1=O)c1nccn1C. The Hall–Kier alpha value is -3.87. The Morgan fingerprint density at radius 2 is 2.07 bits per heavy atom. The van der Waals surface area contributed by atoms with E-state index in [1.54, 1.807) is 11.1 Å². The fourth-order valence-corrected chi connectivity index (χ4v) is 4.22. The van der Waals surface area contributed by atoms with E-state index in [1.807, 2.05) is 47.9 Å². The summed E-state index contributed by atoms with van der Waals surface area (Å²) < 4.78 is 3.75. The number of anilines is 1. The van der Waals surface area contributed by atoms with Gasteiger partial charge in [0.15, 0.2) is 0 Å². The summed E-state index contributed by atoms with van der Waals surface area (Å²) in [5.74, 6) is 0.704. The Balaban J connectivity index is 1.53. The first-order valence-corrected chi connectivity index (χ1v) is 9.72. The molecule has 7 heteroatoms. The van der Waals surface area contributed by atoms with Crippen molar-refractivity contribution in [2.45, 2.75) is 6.54 Å². The lowest BCUT2D eigenvalue weighted by Gasteiger charge is -2.17. The molecule has 0 saturated heterocycles. The summed E-state index contributed by atoms with van der Waals surface area (Å²) in [6.07, 6.45) is 5.44. The number of aromatic nitrogens is 4. The highest BCUT2D eigenvalue weighted by Gasteiger charge is 2.32. The second-order valence-corrected chi connectivity index (χ2v) is 7.72. The highest BCUT2D eigenvalue weighted by molar-refractivity contribution is 6.06. The number of hydrogen-bond acceptors (Lipinski definition) is 4. The maximum absolute atomic E-state index is 13.2. The zero-order chi connectivity index (χ0) is 21.0. The van der Waals surface area contributed by atoms with Gasteiger partial charge >= 0.3 is 0 Å². The standard InChI is InChI=1S/C23H22N6O/c1-14(22-25-8-9-27(22)2)12-29-13-18-17(6-7-19(24)21(18)23(29)30)15-4-5-16-11-26-28(3)20(16)10-15/h4-11H,1,12-13,24H2,2-3H3. The van der Waals surface area contributed by atoms with E-state index in [9.17, 15) is 4.79 Å². The van der Waals surface area contributed by atoms with Gasteiger partial charge in [-0.1, -0.05) is 24.8 Å². The molecule has 30 heavy (non-hydrogen) atoms. The van der Waals surface area contributed by atoms with E-state index in [0.717, 1.165) is 39.0 Å². The Morgan fingerprint density at radius 1 is 1.23 bits per heavy atom. The van der Waals surface area contributed by atoms with Crippen molar-refractivity contribution in [2.24, 2.45) is 14.1 Å². The molecule has 7 nitrogen and oxygen atoms in total. The number of nitrogens with two attached hydrogens (primary N) is 1. The number of nitrogens with zero attached hydrogens (tertiary/aromatic N) is 5. The first kappa shape index (κ1) is 18.2. The molecule has 4 aromatic rings. The van der Waals surface area contributed by atoms with Crippen LogP contribution in [0.25, 0.3) is 27.6 Å². The normalized spacial score (nSPS) is 13.3. The third-order valence-electron chi connectivity index (χ3n) is 5.77. The van der Waals surface area contributed by atoms with Crippen molar-refractivity contribution in [3.8, 4) is 11.1 Å². The molecule has 0 unspecified atom stereocenters. The summed E-state index contributed by atoms with van der Waals surface area (Å²) in [6, 6.07) is 10.0. The van der Waals surface area contributed by atoms with Crippen molar-refractivity contribution in [3.05, 3.63) is 72.5 Å². The summed E-state index contributed by atoms with van der Waals surface area (Å²) in [5.41, 5.74) is 12.2. The van der Waals surface area contributed by atoms with Crippen LogP contribution in [0.3, 0.4) is 0 Å². The highest BCUT2D eigenvalue weighted by Crippen LogP contribution is 2.37. The van der Waals surface area contributed by atoms with Gasteiger partial charge < -0.3 is 15.2 Å². The van der Waals surface area contributed by atoms with E-state index in [0.29, 0.717) is 24.3 Å². The molecule has 1 aliphatic rings. The number of imidazole rings is 1. The molecule has 2 N–H and O–H groups in total. The van der Waals surface area contributed by atoms with Crippen LogP contribution in [0.2, 0.25) is 0 Å². The van der Waals surface area contributed by atoms with Crippen LogP contribution in [0.5, 0.6) is 0 Å². The molecule has 3 heterocycles. The van der Waals surface area contributed by atoms with Gasteiger partial charge in [-0.15, -0.1) is 0 Å². The van der Waals surface area contributed by atoms with Gasteiger partial charge in [0, 0.05) is 56.2 Å². The average molecular weight is 398 g/mol. The molecule has 150 valence electrons. The monoisotopic (exact) mass is 398 g/mol. The smallest absolute Gasteiger partial charge is 0.256 e. The van der Waals surface area contributed by atoms with Gasteiger partial charge in [0.05, 0.1) is 17.3 Å². The Bertz CT molecular complexity index is 1330. The molecule has 0 spiro atoms. The number of amides is 1. The number of carbonyl (C=O) groups excluding carboxylic acids is 1. The minimum atomic E-state index is -0.0682. The number of aryl methyl sites for hydroxylation is 2. The molecule has 0 saturated carbocycles. The number of benzene rings is 2. The zero-order valence-corrected chi connectivity index (χ0v) is 17.0. The van der Waals surface area contributed by atoms with Gasteiger partial charge in [-0.2, -0.15) is 5.10 Å². The predicted molar refractivity (Wildman–Crippen MR) is 118 cm³/mol. The van der Waals surface area contributed by atoms with E-state index in [1.165, 1.54) is 0 Å². The van der Waals surface area contributed by atoms with Crippen LogP contribution in [0.15, 0.2) is 55.5 Å². The quantitative estimate of drug-likeness (QED) is 0.535. The van der Waals surface area contributed by atoms with Crippen molar-refractivity contribution >= 4 is 28.1 Å². The molecule has 2 aromatic carbocycles. The number of carbonyl (C=O) groups is 1. The fraction of sp³-hybridized carbons (Fsp3) is 0.174. The first-order valence-electron chi connectivity index (χ1n) is 9.72. The fourth-order valence-electron chi connectivity index (χ4n) is 4.22. The molecule has 0 radical (unpaired) electrons. The number of hydrogen-bond donors (Lipinski definition) is 1. The topological polar surface area (TPSA) is 82.0 Å². The maximum Gasteiger partial charge on any atom is 0.256 e. The van der Waals surface area contributed by atoms with E-state index < -0.39 is 0 Å². The molecule has 0 atom stereocenters. The highest BCUT2D eigenvalue weighted by atomic mass is 16.2. The van der Waals surface area contributed by atoms with Gasteiger partial charge in [0.25, 0.3) is 5.91 Å². The molecule has 5 rings (SSSR count). The van der Waals surface area contributed by atoms with E-state index in [2.05, 4.69) is 34.9 Å².